The van der Waals surface area contributed by atoms with Gasteiger partial charge in [0.05, 0.1) is 23.4 Å². The van der Waals surface area contributed by atoms with Crippen molar-refractivity contribution in [1.82, 2.24) is 5.32 Å². The van der Waals surface area contributed by atoms with Crippen molar-refractivity contribution >= 4 is 34.8 Å². The minimum atomic E-state index is -0.309. The third kappa shape index (κ3) is 5.81. The molecule has 1 unspecified atom stereocenters. The van der Waals surface area contributed by atoms with Gasteiger partial charge in [-0.25, -0.2) is 0 Å². The molecule has 1 aliphatic rings. The number of halogens is 1. The van der Waals surface area contributed by atoms with E-state index >= 15 is 0 Å². The number of hydrogen-bond acceptors (Lipinski definition) is 4. The minimum Gasteiger partial charge on any atom is -0.463 e. The number of esters is 1. The fourth-order valence-electron chi connectivity index (χ4n) is 3.16. The molecule has 0 saturated carbocycles. The lowest BCUT2D eigenvalue weighted by Crippen LogP contribution is -2.33. The average Bonchev–Trinajstić information content (AvgIpc) is 3.05. The summed E-state index contributed by atoms with van der Waals surface area (Å²) < 4.78 is 5.30. The van der Waals surface area contributed by atoms with Crippen molar-refractivity contribution in [3.8, 4) is 10.4 Å². The number of allylic oxidation sites excluding steroid dienone is 2. The Morgan fingerprint density at radius 2 is 2.00 bits per heavy atom. The Bertz CT molecular complexity index is 957. The van der Waals surface area contributed by atoms with Crippen LogP contribution in [0.3, 0.4) is 0 Å². The molecule has 29 heavy (non-hydrogen) atoms. The van der Waals surface area contributed by atoms with E-state index in [9.17, 15) is 9.59 Å². The number of hydrogen-bond donors (Lipinski definition) is 1. The molecule has 4 nitrogen and oxygen atoms in total. The first-order chi connectivity index (χ1) is 13.8. The fraction of sp³-hybridized carbons (Fsp3) is 0.304. The highest BCUT2D eigenvalue weighted by molar-refractivity contribution is 7.17. The largest absolute Gasteiger partial charge is 0.463 e. The molecule has 1 amide bonds. The van der Waals surface area contributed by atoms with Crippen LogP contribution in [-0.4, -0.2) is 24.0 Å². The summed E-state index contributed by atoms with van der Waals surface area (Å²) in [6.45, 7) is 5.65. The van der Waals surface area contributed by atoms with E-state index in [4.69, 9.17) is 16.3 Å². The first kappa shape index (κ1) is 21.3. The van der Waals surface area contributed by atoms with Crippen molar-refractivity contribution in [3.05, 3.63) is 69.6 Å². The van der Waals surface area contributed by atoms with Crippen LogP contribution in [0.1, 0.15) is 42.4 Å². The van der Waals surface area contributed by atoms with Crippen LogP contribution in [-0.2, 0) is 16.0 Å². The zero-order chi connectivity index (χ0) is 21.0. The second-order valence-corrected chi connectivity index (χ2v) is 8.80. The molecule has 0 aliphatic heterocycles. The van der Waals surface area contributed by atoms with E-state index in [2.05, 4.69) is 11.4 Å². The Hall–Kier alpha value is -2.37. The van der Waals surface area contributed by atoms with Crippen LogP contribution >= 0.6 is 22.9 Å². The van der Waals surface area contributed by atoms with Crippen molar-refractivity contribution in [2.75, 3.05) is 0 Å². The fourth-order valence-corrected chi connectivity index (χ4v) is 4.37. The van der Waals surface area contributed by atoms with Gasteiger partial charge in [-0.3, -0.25) is 9.59 Å². The van der Waals surface area contributed by atoms with Gasteiger partial charge >= 0.3 is 5.97 Å². The molecule has 0 radical (unpaired) electrons. The summed E-state index contributed by atoms with van der Waals surface area (Å²) in [6, 6.07) is 9.16. The molecule has 3 rings (SSSR count). The molecular weight excluding hydrogens is 406 g/mol. The van der Waals surface area contributed by atoms with E-state index in [-0.39, 0.29) is 30.4 Å². The maximum absolute atomic E-state index is 12.8. The Labute approximate surface area is 180 Å². The SMILES string of the molecule is CC1=CC(NC(=O)c2cc(CC(=O)OC(C)C)c(-c3ccc(Cl)cc3)s2)CC=C1. The van der Waals surface area contributed by atoms with Crippen molar-refractivity contribution in [2.24, 2.45) is 0 Å². The zero-order valence-electron chi connectivity index (χ0n) is 16.7. The third-order valence-corrected chi connectivity index (χ3v) is 5.87. The summed E-state index contributed by atoms with van der Waals surface area (Å²) in [4.78, 5) is 26.5. The second-order valence-electron chi connectivity index (χ2n) is 7.32. The van der Waals surface area contributed by atoms with E-state index in [0.29, 0.717) is 9.90 Å². The molecule has 1 aromatic heterocycles. The number of ether oxygens (including phenoxy) is 1. The molecule has 0 saturated heterocycles. The Morgan fingerprint density at radius 1 is 1.28 bits per heavy atom. The summed E-state index contributed by atoms with van der Waals surface area (Å²) in [6.07, 6.45) is 6.85. The van der Waals surface area contributed by atoms with Gasteiger partial charge in [-0.2, -0.15) is 0 Å². The number of carbonyl (C=O) groups excluding carboxylic acids is 2. The Balaban J connectivity index is 1.86. The highest BCUT2D eigenvalue weighted by Crippen LogP contribution is 2.34. The van der Waals surface area contributed by atoms with Gasteiger partial charge in [0.15, 0.2) is 0 Å². The van der Waals surface area contributed by atoms with Gasteiger partial charge in [0.2, 0.25) is 0 Å². The monoisotopic (exact) mass is 429 g/mol. The van der Waals surface area contributed by atoms with Gasteiger partial charge in [-0.05, 0) is 56.5 Å². The molecule has 1 aromatic carbocycles. The summed E-state index contributed by atoms with van der Waals surface area (Å²) >= 11 is 7.39. The molecule has 1 aliphatic carbocycles. The highest BCUT2D eigenvalue weighted by atomic mass is 35.5. The second kappa shape index (κ2) is 9.42. The van der Waals surface area contributed by atoms with E-state index in [1.165, 1.54) is 11.3 Å². The standard InChI is InChI=1S/C23H24ClNO3S/c1-14(2)28-21(26)13-17-12-20(23(27)25-19-6-4-5-15(3)11-19)29-22(17)16-7-9-18(24)10-8-16/h4-5,7-12,14,19H,6,13H2,1-3H3,(H,25,27). The Kier molecular flexibility index (Phi) is 6.93. The van der Waals surface area contributed by atoms with Crippen LogP contribution in [0.5, 0.6) is 0 Å². The molecule has 152 valence electrons. The lowest BCUT2D eigenvalue weighted by atomic mass is 10.0. The number of nitrogens with one attached hydrogen (secondary N) is 1. The molecule has 2 aromatic rings. The van der Waals surface area contributed by atoms with Gasteiger partial charge in [0.25, 0.3) is 5.91 Å². The van der Waals surface area contributed by atoms with Crippen LogP contribution in [0.4, 0.5) is 0 Å². The number of amides is 1. The van der Waals surface area contributed by atoms with Crippen molar-refractivity contribution in [3.63, 3.8) is 0 Å². The van der Waals surface area contributed by atoms with Crippen molar-refractivity contribution in [2.45, 2.75) is 45.8 Å². The molecule has 0 bridgehead atoms. The van der Waals surface area contributed by atoms with E-state index in [1.807, 2.05) is 45.1 Å². The first-order valence-corrected chi connectivity index (χ1v) is 10.7. The molecular formula is C23H24ClNO3S. The van der Waals surface area contributed by atoms with Crippen LogP contribution in [0, 0.1) is 0 Å². The molecule has 0 spiro atoms. The first-order valence-electron chi connectivity index (χ1n) is 9.56. The quantitative estimate of drug-likeness (QED) is 0.611. The van der Waals surface area contributed by atoms with Gasteiger partial charge in [0, 0.05) is 9.90 Å². The van der Waals surface area contributed by atoms with E-state index in [1.54, 1.807) is 18.2 Å². The van der Waals surface area contributed by atoms with Crippen LogP contribution < -0.4 is 5.32 Å². The van der Waals surface area contributed by atoms with E-state index < -0.39 is 0 Å². The number of thiophene rings is 1. The number of rotatable bonds is 6. The van der Waals surface area contributed by atoms with Crippen molar-refractivity contribution in [1.29, 1.82) is 0 Å². The zero-order valence-corrected chi connectivity index (χ0v) is 18.3. The van der Waals surface area contributed by atoms with Gasteiger partial charge in [0.1, 0.15) is 0 Å². The predicted octanol–water partition coefficient (Wildman–Crippen LogP) is 5.57. The number of benzene rings is 1. The minimum absolute atomic E-state index is 0.0251. The van der Waals surface area contributed by atoms with E-state index in [0.717, 1.165) is 28.0 Å². The smallest absolute Gasteiger partial charge is 0.310 e. The summed E-state index contributed by atoms with van der Waals surface area (Å²) in [5.41, 5.74) is 2.83. The maximum atomic E-state index is 12.8. The maximum Gasteiger partial charge on any atom is 0.310 e. The van der Waals surface area contributed by atoms with Crippen LogP contribution in [0.15, 0.2) is 54.1 Å². The normalized spacial score (nSPS) is 15.9. The number of carbonyl (C=O) groups is 2. The van der Waals surface area contributed by atoms with Crippen LogP contribution in [0.25, 0.3) is 10.4 Å². The topological polar surface area (TPSA) is 55.4 Å². The molecule has 6 heteroatoms. The van der Waals surface area contributed by atoms with Crippen LogP contribution in [0.2, 0.25) is 5.02 Å². The van der Waals surface area contributed by atoms with Crippen molar-refractivity contribution < 1.29 is 14.3 Å². The molecule has 1 atom stereocenters. The average molecular weight is 430 g/mol. The molecule has 1 N–H and O–H groups in total. The summed E-state index contributed by atoms with van der Waals surface area (Å²) in [5, 5.41) is 3.69. The lowest BCUT2D eigenvalue weighted by molar-refractivity contribution is -0.146. The summed E-state index contributed by atoms with van der Waals surface area (Å²) in [7, 11) is 0. The predicted molar refractivity (Wildman–Crippen MR) is 118 cm³/mol. The van der Waals surface area contributed by atoms with Gasteiger partial charge < -0.3 is 10.1 Å². The van der Waals surface area contributed by atoms with Gasteiger partial charge in [-0.15, -0.1) is 11.3 Å². The highest BCUT2D eigenvalue weighted by Gasteiger charge is 2.21. The summed E-state index contributed by atoms with van der Waals surface area (Å²) in [5.74, 6) is -0.450. The molecule has 0 fully saturated rings. The third-order valence-electron chi connectivity index (χ3n) is 4.39. The van der Waals surface area contributed by atoms with Gasteiger partial charge in [-0.1, -0.05) is 47.5 Å². The molecule has 1 heterocycles. The Morgan fingerprint density at radius 3 is 2.66 bits per heavy atom. The lowest BCUT2D eigenvalue weighted by Gasteiger charge is -2.16.